The number of methoxy groups -OCH3 is 3. The zero-order valence-corrected chi connectivity index (χ0v) is 18.6. The number of nitrogens with one attached hydrogen (secondary N) is 2. The summed E-state index contributed by atoms with van der Waals surface area (Å²) in [6.07, 6.45) is 1.58. The number of fused-ring (bicyclic) bond motifs is 2. The monoisotopic (exact) mass is 449 g/mol. The van der Waals surface area contributed by atoms with Crippen LogP contribution in [-0.4, -0.2) is 49.8 Å². The fraction of sp³-hybridized carbons (Fsp3) is 0.208. The van der Waals surface area contributed by atoms with E-state index in [0.717, 1.165) is 16.3 Å². The highest BCUT2D eigenvalue weighted by Gasteiger charge is 2.18. The van der Waals surface area contributed by atoms with Crippen molar-refractivity contribution in [2.45, 2.75) is 6.92 Å². The van der Waals surface area contributed by atoms with Crippen molar-refractivity contribution in [1.82, 2.24) is 9.97 Å². The molecule has 0 aliphatic rings. The first-order valence-corrected chi connectivity index (χ1v) is 10.2. The van der Waals surface area contributed by atoms with Crippen molar-refractivity contribution < 1.29 is 28.5 Å². The molecule has 0 saturated heterocycles. The van der Waals surface area contributed by atoms with Crippen LogP contribution in [-0.2, 0) is 4.74 Å². The first-order valence-electron chi connectivity index (χ1n) is 10.2. The number of hydrogen-bond donors (Lipinski definition) is 2. The Morgan fingerprint density at radius 2 is 1.76 bits per heavy atom. The van der Waals surface area contributed by atoms with Crippen LogP contribution in [0.5, 0.6) is 17.2 Å². The second kappa shape index (κ2) is 9.07. The molecule has 170 valence electrons. The Morgan fingerprint density at radius 1 is 0.970 bits per heavy atom. The van der Waals surface area contributed by atoms with E-state index in [0.29, 0.717) is 34.0 Å². The number of carbonyl (C=O) groups excluding carboxylic acids is 2. The quantitative estimate of drug-likeness (QED) is 0.407. The maximum absolute atomic E-state index is 12.9. The van der Waals surface area contributed by atoms with Gasteiger partial charge in [-0.25, -0.2) is 4.79 Å². The number of carbonyl (C=O) groups is 2. The summed E-state index contributed by atoms with van der Waals surface area (Å²) in [4.78, 5) is 32.2. The molecule has 9 nitrogen and oxygen atoms in total. The lowest BCUT2D eigenvalue weighted by Crippen LogP contribution is -2.13. The molecule has 9 heteroatoms. The fourth-order valence-electron chi connectivity index (χ4n) is 3.61. The Bertz CT molecular complexity index is 1360. The number of aromatic nitrogens is 2. The minimum absolute atomic E-state index is 0.203. The molecular weight excluding hydrogens is 426 g/mol. The van der Waals surface area contributed by atoms with Crippen LogP contribution in [0, 0.1) is 0 Å². The Morgan fingerprint density at radius 3 is 2.45 bits per heavy atom. The van der Waals surface area contributed by atoms with E-state index in [9.17, 15) is 9.59 Å². The van der Waals surface area contributed by atoms with Crippen LogP contribution < -0.4 is 19.5 Å². The van der Waals surface area contributed by atoms with Gasteiger partial charge in [-0.2, -0.15) is 0 Å². The maximum atomic E-state index is 12.9. The number of pyridine rings is 1. The Hall–Kier alpha value is -4.27. The number of esters is 1. The van der Waals surface area contributed by atoms with Gasteiger partial charge in [0, 0.05) is 33.6 Å². The third kappa shape index (κ3) is 4.12. The van der Waals surface area contributed by atoms with Crippen LogP contribution in [0.15, 0.2) is 42.6 Å². The van der Waals surface area contributed by atoms with E-state index < -0.39 is 11.9 Å². The summed E-state index contributed by atoms with van der Waals surface area (Å²) in [7, 11) is 4.58. The van der Waals surface area contributed by atoms with E-state index >= 15 is 0 Å². The first kappa shape index (κ1) is 21.9. The summed E-state index contributed by atoms with van der Waals surface area (Å²) in [6.45, 7) is 2.04. The highest BCUT2D eigenvalue weighted by Crippen LogP contribution is 2.43. The number of anilines is 1. The molecule has 0 aliphatic heterocycles. The second-order valence-electron chi connectivity index (χ2n) is 7.10. The molecular formula is C24H23N3O6. The van der Waals surface area contributed by atoms with Gasteiger partial charge in [0.15, 0.2) is 11.5 Å². The number of aromatic amines is 1. The lowest BCUT2D eigenvalue weighted by atomic mass is 10.1. The molecule has 33 heavy (non-hydrogen) atoms. The van der Waals surface area contributed by atoms with E-state index in [1.54, 1.807) is 49.5 Å². The van der Waals surface area contributed by atoms with Crippen molar-refractivity contribution in [3.63, 3.8) is 0 Å². The van der Waals surface area contributed by atoms with Crippen LogP contribution in [0.4, 0.5) is 5.69 Å². The van der Waals surface area contributed by atoms with Gasteiger partial charge in [-0.3, -0.25) is 9.78 Å². The van der Waals surface area contributed by atoms with E-state index in [4.69, 9.17) is 18.9 Å². The summed E-state index contributed by atoms with van der Waals surface area (Å²) in [5, 5.41) is 5.00. The summed E-state index contributed by atoms with van der Waals surface area (Å²) in [5.74, 6) is 0.557. The average molecular weight is 449 g/mol. The molecule has 0 unspecified atom stereocenters. The normalized spacial score (nSPS) is 10.8. The van der Waals surface area contributed by atoms with E-state index in [2.05, 4.69) is 15.3 Å². The molecule has 4 aromatic rings. The summed E-state index contributed by atoms with van der Waals surface area (Å²) < 4.78 is 21.3. The van der Waals surface area contributed by atoms with Gasteiger partial charge in [-0.05, 0) is 43.3 Å². The topological polar surface area (TPSA) is 112 Å². The van der Waals surface area contributed by atoms with Crippen LogP contribution in [0.3, 0.4) is 0 Å². The molecule has 0 atom stereocenters. The highest BCUT2D eigenvalue weighted by atomic mass is 16.5. The SMILES string of the molecule is CCOC(=O)c1cc2cc(NC(=O)c3cc4c(OC)c(OC)c(OC)cc4cn3)ccc2[nH]1. The zero-order valence-electron chi connectivity index (χ0n) is 18.6. The molecule has 0 saturated carbocycles. The van der Waals surface area contributed by atoms with Crippen molar-refractivity contribution in [3.8, 4) is 17.2 Å². The molecule has 1 amide bonds. The molecule has 0 spiro atoms. The summed E-state index contributed by atoms with van der Waals surface area (Å²) >= 11 is 0. The summed E-state index contributed by atoms with van der Waals surface area (Å²) in [6, 6.07) is 10.4. The van der Waals surface area contributed by atoms with Crippen molar-refractivity contribution in [2.24, 2.45) is 0 Å². The van der Waals surface area contributed by atoms with Gasteiger partial charge in [0.25, 0.3) is 5.91 Å². The van der Waals surface area contributed by atoms with Gasteiger partial charge < -0.3 is 29.2 Å². The standard InChI is InChI=1S/C24H23N3O6/c1-5-33-24(29)19-9-13-8-15(6-7-17(13)27-19)26-23(28)18-11-16-14(12-25-18)10-20(30-2)22(32-4)21(16)31-3/h6-12,27H,5H2,1-4H3,(H,26,28). The maximum Gasteiger partial charge on any atom is 0.354 e. The minimum atomic E-state index is -0.430. The van der Waals surface area contributed by atoms with Gasteiger partial charge in [0.05, 0.1) is 27.9 Å². The Labute approximate surface area is 189 Å². The minimum Gasteiger partial charge on any atom is -0.493 e. The van der Waals surface area contributed by atoms with E-state index in [-0.39, 0.29) is 12.3 Å². The van der Waals surface area contributed by atoms with Crippen molar-refractivity contribution >= 4 is 39.2 Å². The molecule has 2 heterocycles. The van der Waals surface area contributed by atoms with Gasteiger partial charge in [0.1, 0.15) is 11.4 Å². The van der Waals surface area contributed by atoms with Gasteiger partial charge in [0.2, 0.25) is 5.75 Å². The van der Waals surface area contributed by atoms with E-state index in [1.807, 2.05) is 0 Å². The molecule has 0 aliphatic carbocycles. The smallest absolute Gasteiger partial charge is 0.354 e. The van der Waals surface area contributed by atoms with Crippen LogP contribution >= 0.6 is 0 Å². The first-order chi connectivity index (χ1) is 16.0. The predicted molar refractivity (Wildman–Crippen MR) is 124 cm³/mol. The van der Waals surface area contributed by atoms with Crippen LogP contribution in [0.2, 0.25) is 0 Å². The van der Waals surface area contributed by atoms with Crippen molar-refractivity contribution in [3.05, 3.63) is 54.0 Å². The number of H-pyrrole nitrogens is 1. The number of amides is 1. The number of rotatable bonds is 7. The van der Waals surface area contributed by atoms with Crippen molar-refractivity contribution in [2.75, 3.05) is 33.3 Å². The van der Waals surface area contributed by atoms with Gasteiger partial charge in [-0.1, -0.05) is 0 Å². The molecule has 2 N–H and O–H groups in total. The number of ether oxygens (including phenoxy) is 4. The zero-order chi connectivity index (χ0) is 23.5. The molecule has 0 fully saturated rings. The fourth-order valence-corrected chi connectivity index (χ4v) is 3.61. The lowest BCUT2D eigenvalue weighted by Gasteiger charge is -2.15. The molecule has 4 rings (SSSR count). The number of nitrogens with zero attached hydrogens (tertiary/aromatic N) is 1. The predicted octanol–water partition coefficient (Wildman–Crippen LogP) is 4.17. The average Bonchev–Trinajstić information content (AvgIpc) is 3.26. The second-order valence-corrected chi connectivity index (χ2v) is 7.10. The van der Waals surface area contributed by atoms with Gasteiger partial charge >= 0.3 is 5.97 Å². The third-order valence-corrected chi connectivity index (χ3v) is 5.13. The number of hydrogen-bond acceptors (Lipinski definition) is 7. The van der Waals surface area contributed by atoms with Crippen LogP contribution in [0.25, 0.3) is 21.7 Å². The molecule has 2 aromatic carbocycles. The van der Waals surface area contributed by atoms with Crippen molar-refractivity contribution in [1.29, 1.82) is 0 Å². The molecule has 0 radical (unpaired) electrons. The third-order valence-electron chi connectivity index (χ3n) is 5.13. The molecule has 2 aromatic heterocycles. The molecule has 0 bridgehead atoms. The van der Waals surface area contributed by atoms with Crippen LogP contribution in [0.1, 0.15) is 27.9 Å². The largest absolute Gasteiger partial charge is 0.493 e. The Balaban J connectivity index is 1.64. The number of benzene rings is 2. The van der Waals surface area contributed by atoms with E-state index in [1.165, 1.54) is 21.3 Å². The Kier molecular flexibility index (Phi) is 6.03. The lowest BCUT2D eigenvalue weighted by molar-refractivity contribution is 0.0520. The van der Waals surface area contributed by atoms with Gasteiger partial charge in [-0.15, -0.1) is 0 Å². The highest BCUT2D eigenvalue weighted by molar-refractivity contribution is 6.07. The summed E-state index contributed by atoms with van der Waals surface area (Å²) in [5.41, 5.74) is 1.87.